The van der Waals surface area contributed by atoms with Gasteiger partial charge in [0.1, 0.15) is 11.5 Å². The van der Waals surface area contributed by atoms with Crippen LogP contribution in [0.2, 0.25) is 5.02 Å². The second kappa shape index (κ2) is 6.27. The third kappa shape index (κ3) is 3.01. The molecule has 6 heteroatoms. The largest absolute Gasteiger partial charge is 0.457 e. The third-order valence-electron chi connectivity index (χ3n) is 2.70. The molecule has 0 fully saturated rings. The minimum Gasteiger partial charge on any atom is -0.457 e. The highest BCUT2D eigenvalue weighted by molar-refractivity contribution is 6.34. The smallest absolute Gasteiger partial charge is 0.171 e. The molecule has 0 aliphatic rings. The Kier molecular flexibility index (Phi) is 4.45. The number of nitrogens with two attached hydrogens (primary N) is 1. The minimum absolute atomic E-state index is 0.0719. The Bertz CT molecular complexity index is 644. The van der Waals surface area contributed by atoms with Gasteiger partial charge in [-0.1, -0.05) is 35.0 Å². The summed E-state index contributed by atoms with van der Waals surface area (Å²) in [4.78, 5) is 0. The number of rotatable bonds is 4. The molecular weight excluding hydrogens is 280 g/mol. The van der Waals surface area contributed by atoms with E-state index in [2.05, 4.69) is 5.16 Å². The van der Waals surface area contributed by atoms with Gasteiger partial charge in [-0.05, 0) is 18.2 Å². The Balaban J connectivity index is 2.29. The topological polar surface area (TPSA) is 88.1 Å². The fraction of sp³-hybridized carbons (Fsp3) is 0.0714. The lowest BCUT2D eigenvalue weighted by Gasteiger charge is -2.11. The van der Waals surface area contributed by atoms with Crippen LogP contribution in [-0.4, -0.2) is 16.1 Å². The van der Waals surface area contributed by atoms with Gasteiger partial charge in [0.25, 0.3) is 0 Å². The number of hydrogen-bond donors (Lipinski definition) is 3. The summed E-state index contributed by atoms with van der Waals surface area (Å²) < 4.78 is 5.66. The second-order valence-corrected chi connectivity index (χ2v) is 4.40. The molecule has 0 radical (unpaired) electrons. The first-order valence-electron chi connectivity index (χ1n) is 5.79. The number of hydrogen-bond acceptors (Lipinski definition) is 4. The average molecular weight is 293 g/mol. The number of oxime groups is 1. The number of para-hydroxylation sites is 1. The molecule has 0 amide bonds. The molecule has 104 valence electrons. The number of ether oxygens (including phenoxy) is 1. The fourth-order valence-electron chi connectivity index (χ4n) is 1.68. The lowest BCUT2D eigenvalue weighted by Crippen LogP contribution is -2.13. The molecule has 4 N–H and O–H groups in total. The predicted octanol–water partition coefficient (Wildman–Crippen LogP) is 2.72. The van der Waals surface area contributed by atoms with Gasteiger partial charge in [-0.2, -0.15) is 0 Å². The van der Waals surface area contributed by atoms with Gasteiger partial charge in [0.05, 0.1) is 11.6 Å². The van der Waals surface area contributed by atoms with E-state index in [9.17, 15) is 5.11 Å². The van der Waals surface area contributed by atoms with Crippen molar-refractivity contribution in [2.45, 2.75) is 6.61 Å². The maximum atomic E-state index is 9.23. The molecule has 5 nitrogen and oxygen atoms in total. The van der Waals surface area contributed by atoms with E-state index in [4.69, 9.17) is 27.3 Å². The molecule has 2 rings (SSSR count). The van der Waals surface area contributed by atoms with Gasteiger partial charge in [0.15, 0.2) is 5.84 Å². The fourth-order valence-corrected chi connectivity index (χ4v) is 1.95. The number of nitrogens with zero attached hydrogens (tertiary/aromatic N) is 1. The van der Waals surface area contributed by atoms with Crippen LogP contribution in [-0.2, 0) is 6.61 Å². The number of aliphatic hydroxyl groups is 1. The van der Waals surface area contributed by atoms with E-state index in [0.717, 1.165) is 0 Å². The molecular formula is C14H13ClN2O3. The summed E-state index contributed by atoms with van der Waals surface area (Å²) in [7, 11) is 0. The molecule has 0 aliphatic heterocycles. The van der Waals surface area contributed by atoms with Crippen LogP contribution < -0.4 is 10.5 Å². The number of amidine groups is 1. The first-order chi connectivity index (χ1) is 9.65. The number of halogens is 1. The van der Waals surface area contributed by atoms with Crippen LogP contribution >= 0.6 is 11.6 Å². The average Bonchev–Trinajstić information content (AvgIpc) is 2.47. The Labute approximate surface area is 120 Å². The summed E-state index contributed by atoms with van der Waals surface area (Å²) in [5, 5.41) is 21.1. The monoisotopic (exact) mass is 292 g/mol. The lowest BCUT2D eigenvalue weighted by atomic mass is 10.2. The zero-order chi connectivity index (χ0) is 14.5. The van der Waals surface area contributed by atoms with Gasteiger partial charge in [0, 0.05) is 17.2 Å². The first-order valence-corrected chi connectivity index (χ1v) is 6.17. The van der Waals surface area contributed by atoms with Crippen molar-refractivity contribution in [3.05, 3.63) is 58.6 Å². The van der Waals surface area contributed by atoms with Gasteiger partial charge in [-0.25, -0.2) is 0 Å². The molecule has 2 aromatic carbocycles. The first kappa shape index (κ1) is 14.2. The van der Waals surface area contributed by atoms with Crippen molar-refractivity contribution in [2.24, 2.45) is 10.9 Å². The molecule has 0 saturated carbocycles. The van der Waals surface area contributed by atoms with E-state index in [0.29, 0.717) is 27.6 Å². The van der Waals surface area contributed by atoms with Crippen molar-refractivity contribution >= 4 is 17.4 Å². The summed E-state index contributed by atoms with van der Waals surface area (Å²) in [5.41, 5.74) is 6.57. The normalized spacial score (nSPS) is 11.4. The minimum atomic E-state index is -0.119. The van der Waals surface area contributed by atoms with Crippen LogP contribution in [0, 0.1) is 0 Å². The maximum Gasteiger partial charge on any atom is 0.171 e. The Morgan fingerprint density at radius 2 is 2.00 bits per heavy atom. The van der Waals surface area contributed by atoms with Gasteiger partial charge in [-0.3, -0.25) is 0 Å². The molecule has 0 heterocycles. The second-order valence-electron chi connectivity index (χ2n) is 3.99. The van der Waals surface area contributed by atoms with Crippen LogP contribution in [0.1, 0.15) is 11.1 Å². The van der Waals surface area contributed by atoms with Crippen molar-refractivity contribution < 1.29 is 15.1 Å². The van der Waals surface area contributed by atoms with Crippen LogP contribution in [0.25, 0.3) is 0 Å². The molecule has 0 atom stereocenters. The summed E-state index contributed by atoms with van der Waals surface area (Å²) in [6, 6.07) is 11.9. The van der Waals surface area contributed by atoms with Crippen molar-refractivity contribution in [3.63, 3.8) is 0 Å². The molecule has 0 aliphatic carbocycles. The zero-order valence-corrected chi connectivity index (χ0v) is 11.2. The van der Waals surface area contributed by atoms with E-state index in [1.165, 1.54) is 0 Å². The highest BCUT2D eigenvalue weighted by Gasteiger charge is 2.09. The Hall–Kier alpha value is -2.24. The highest BCUT2D eigenvalue weighted by atomic mass is 35.5. The van der Waals surface area contributed by atoms with E-state index >= 15 is 0 Å². The molecule has 0 unspecified atom stereocenters. The van der Waals surface area contributed by atoms with Crippen LogP contribution in [0.5, 0.6) is 11.5 Å². The molecule has 2 aromatic rings. The molecule has 0 aromatic heterocycles. The van der Waals surface area contributed by atoms with Crippen molar-refractivity contribution in [2.75, 3.05) is 0 Å². The van der Waals surface area contributed by atoms with Gasteiger partial charge in [0.2, 0.25) is 0 Å². The SMILES string of the molecule is NC(=NO)c1ccc(Oc2ccccc2CO)cc1Cl. The van der Waals surface area contributed by atoms with Crippen LogP contribution in [0.3, 0.4) is 0 Å². The van der Waals surface area contributed by atoms with Gasteiger partial charge in [-0.15, -0.1) is 0 Å². The Morgan fingerprint density at radius 3 is 2.65 bits per heavy atom. The summed E-state index contributed by atoms with van der Waals surface area (Å²) in [6.07, 6.45) is 0. The van der Waals surface area contributed by atoms with Crippen molar-refractivity contribution in [1.29, 1.82) is 0 Å². The Morgan fingerprint density at radius 1 is 1.25 bits per heavy atom. The standard InChI is InChI=1S/C14H13ClN2O3/c15-12-7-10(5-6-11(12)14(16)17-19)20-13-4-2-1-3-9(13)8-18/h1-7,18-19H,8H2,(H2,16,17). The molecule has 0 bridgehead atoms. The molecule has 20 heavy (non-hydrogen) atoms. The summed E-state index contributed by atoms with van der Waals surface area (Å²) >= 11 is 6.04. The zero-order valence-electron chi connectivity index (χ0n) is 10.5. The van der Waals surface area contributed by atoms with E-state index in [-0.39, 0.29) is 12.4 Å². The third-order valence-corrected chi connectivity index (χ3v) is 3.01. The van der Waals surface area contributed by atoms with Crippen LogP contribution in [0.15, 0.2) is 47.6 Å². The highest BCUT2D eigenvalue weighted by Crippen LogP contribution is 2.28. The van der Waals surface area contributed by atoms with E-state index < -0.39 is 0 Å². The van der Waals surface area contributed by atoms with Gasteiger partial charge >= 0.3 is 0 Å². The quantitative estimate of drug-likeness (QED) is 0.350. The number of aliphatic hydroxyl groups excluding tert-OH is 1. The lowest BCUT2D eigenvalue weighted by molar-refractivity contribution is 0.276. The predicted molar refractivity (Wildman–Crippen MR) is 76.4 cm³/mol. The van der Waals surface area contributed by atoms with E-state index in [1.54, 1.807) is 36.4 Å². The van der Waals surface area contributed by atoms with Crippen molar-refractivity contribution in [1.82, 2.24) is 0 Å². The summed E-state index contributed by atoms with van der Waals surface area (Å²) in [5.74, 6) is 0.963. The van der Waals surface area contributed by atoms with Crippen LogP contribution in [0.4, 0.5) is 0 Å². The number of benzene rings is 2. The summed E-state index contributed by atoms with van der Waals surface area (Å²) in [6.45, 7) is -0.119. The maximum absolute atomic E-state index is 9.23. The van der Waals surface area contributed by atoms with E-state index in [1.807, 2.05) is 6.07 Å². The van der Waals surface area contributed by atoms with Gasteiger partial charge < -0.3 is 20.8 Å². The molecule has 0 saturated heterocycles. The van der Waals surface area contributed by atoms with Crippen molar-refractivity contribution in [3.8, 4) is 11.5 Å². The molecule has 0 spiro atoms.